The lowest BCUT2D eigenvalue weighted by Gasteiger charge is -2.26. The molecule has 0 heterocycles. The molecule has 1 aromatic carbocycles. The average Bonchev–Trinajstić information content (AvgIpc) is 2.33. The summed E-state index contributed by atoms with van der Waals surface area (Å²) < 4.78 is 0. The highest BCUT2D eigenvalue weighted by Crippen LogP contribution is 2.13. The van der Waals surface area contributed by atoms with E-state index in [-0.39, 0.29) is 11.4 Å². The number of amides is 1. The number of benzene rings is 1. The summed E-state index contributed by atoms with van der Waals surface area (Å²) in [6, 6.07) is 6.15. The Balaban J connectivity index is 2.67. The molecule has 0 spiro atoms. The molecular weight excluding hydrogens is 358 g/mol. The summed E-state index contributed by atoms with van der Waals surface area (Å²) in [6.45, 7) is 6.15. The van der Waals surface area contributed by atoms with Crippen molar-refractivity contribution in [3.05, 3.63) is 34.9 Å². The molecular formula is C14H19Br2NO. The molecule has 0 radical (unpaired) electrons. The van der Waals surface area contributed by atoms with E-state index in [2.05, 4.69) is 63.2 Å². The smallest absolute Gasteiger partial charge is 0.224 e. The Morgan fingerprint density at radius 2 is 1.83 bits per heavy atom. The van der Waals surface area contributed by atoms with Crippen LogP contribution in [0.2, 0.25) is 0 Å². The Bertz CT molecular complexity index is 428. The Morgan fingerprint density at radius 3 is 2.33 bits per heavy atom. The van der Waals surface area contributed by atoms with Crippen molar-refractivity contribution in [1.82, 2.24) is 5.32 Å². The lowest BCUT2D eigenvalue weighted by Crippen LogP contribution is -2.49. The lowest BCUT2D eigenvalue weighted by molar-refractivity contribution is -0.121. The lowest BCUT2D eigenvalue weighted by atomic mass is 10.0. The second kappa shape index (κ2) is 6.71. The summed E-state index contributed by atoms with van der Waals surface area (Å²) in [5.41, 5.74) is 3.30. The molecule has 2 nitrogen and oxygen atoms in total. The van der Waals surface area contributed by atoms with Crippen molar-refractivity contribution >= 4 is 37.8 Å². The van der Waals surface area contributed by atoms with Crippen LogP contribution in [0.5, 0.6) is 0 Å². The van der Waals surface area contributed by atoms with Gasteiger partial charge < -0.3 is 5.32 Å². The van der Waals surface area contributed by atoms with Gasteiger partial charge in [-0.3, -0.25) is 4.79 Å². The Labute approximate surface area is 126 Å². The highest BCUT2D eigenvalue weighted by molar-refractivity contribution is 9.09. The van der Waals surface area contributed by atoms with Gasteiger partial charge in [0.15, 0.2) is 0 Å². The number of hydrogen-bond acceptors (Lipinski definition) is 1. The summed E-state index contributed by atoms with van der Waals surface area (Å²) in [5, 5.41) is 4.49. The quantitative estimate of drug-likeness (QED) is 0.782. The largest absolute Gasteiger partial charge is 0.349 e. The number of carbonyl (C=O) groups is 1. The highest BCUT2D eigenvalue weighted by atomic mass is 79.9. The predicted octanol–water partition coefficient (Wildman–Crippen LogP) is 3.51. The van der Waals surface area contributed by atoms with Crippen LogP contribution in [0.3, 0.4) is 0 Å². The molecule has 0 bridgehead atoms. The van der Waals surface area contributed by atoms with E-state index in [1.807, 2.05) is 13.0 Å². The number of carbonyl (C=O) groups excluding carboxylic acids is 1. The van der Waals surface area contributed by atoms with E-state index in [0.29, 0.717) is 6.42 Å². The molecule has 1 N–H and O–H groups in total. The molecule has 1 rings (SSSR count). The third-order valence-corrected chi connectivity index (χ3v) is 5.44. The SMILES string of the molecule is Cc1ccc(CC(=O)NC(C)(CBr)CBr)cc1C. The van der Waals surface area contributed by atoms with E-state index in [9.17, 15) is 4.79 Å². The van der Waals surface area contributed by atoms with Gasteiger partial charge in [-0.05, 0) is 37.5 Å². The molecule has 0 saturated carbocycles. The van der Waals surface area contributed by atoms with Crippen molar-refractivity contribution < 1.29 is 4.79 Å². The maximum Gasteiger partial charge on any atom is 0.224 e. The van der Waals surface area contributed by atoms with Crippen molar-refractivity contribution in [2.24, 2.45) is 0 Å². The molecule has 18 heavy (non-hydrogen) atoms. The highest BCUT2D eigenvalue weighted by Gasteiger charge is 2.23. The second-order valence-corrected chi connectivity index (χ2v) is 6.09. The number of nitrogens with one attached hydrogen (secondary N) is 1. The van der Waals surface area contributed by atoms with Crippen LogP contribution >= 0.6 is 31.9 Å². The molecule has 1 amide bonds. The Hall–Kier alpha value is -0.350. The molecule has 0 aromatic heterocycles. The van der Waals surface area contributed by atoms with Gasteiger partial charge in [0.05, 0.1) is 12.0 Å². The van der Waals surface area contributed by atoms with E-state index in [1.54, 1.807) is 0 Å². The van der Waals surface area contributed by atoms with E-state index in [1.165, 1.54) is 11.1 Å². The van der Waals surface area contributed by atoms with Crippen molar-refractivity contribution in [3.63, 3.8) is 0 Å². The second-order valence-electron chi connectivity index (χ2n) is 4.97. The third-order valence-electron chi connectivity index (χ3n) is 2.97. The van der Waals surface area contributed by atoms with Gasteiger partial charge in [-0.1, -0.05) is 50.1 Å². The van der Waals surface area contributed by atoms with Gasteiger partial charge in [0, 0.05) is 10.7 Å². The molecule has 0 atom stereocenters. The molecule has 1 aromatic rings. The van der Waals surface area contributed by atoms with Crippen LogP contribution in [-0.2, 0) is 11.2 Å². The third kappa shape index (κ3) is 4.39. The zero-order valence-corrected chi connectivity index (χ0v) is 14.2. The van der Waals surface area contributed by atoms with Crippen LogP contribution < -0.4 is 5.32 Å². The number of alkyl halides is 2. The summed E-state index contributed by atoms with van der Waals surface area (Å²) in [5.74, 6) is 0.0552. The first-order valence-electron chi connectivity index (χ1n) is 5.89. The Morgan fingerprint density at radius 1 is 1.22 bits per heavy atom. The minimum atomic E-state index is -0.239. The summed E-state index contributed by atoms with van der Waals surface area (Å²) in [4.78, 5) is 12.0. The summed E-state index contributed by atoms with van der Waals surface area (Å²) >= 11 is 6.85. The van der Waals surface area contributed by atoms with Gasteiger partial charge in [0.2, 0.25) is 5.91 Å². The molecule has 0 aliphatic heterocycles. The summed E-state index contributed by atoms with van der Waals surface area (Å²) in [6.07, 6.45) is 0.427. The summed E-state index contributed by atoms with van der Waals surface area (Å²) in [7, 11) is 0. The van der Waals surface area contributed by atoms with Crippen LogP contribution in [0, 0.1) is 13.8 Å². The molecule has 0 unspecified atom stereocenters. The minimum Gasteiger partial charge on any atom is -0.349 e. The number of halogens is 2. The Kier molecular flexibility index (Phi) is 5.86. The van der Waals surface area contributed by atoms with Gasteiger partial charge in [-0.15, -0.1) is 0 Å². The fourth-order valence-corrected chi connectivity index (χ4v) is 2.79. The van der Waals surface area contributed by atoms with Gasteiger partial charge in [-0.2, -0.15) is 0 Å². The number of aryl methyl sites for hydroxylation is 2. The first-order valence-corrected chi connectivity index (χ1v) is 8.13. The van der Waals surface area contributed by atoms with Crippen molar-refractivity contribution in [2.45, 2.75) is 32.7 Å². The standard InChI is InChI=1S/C14H19Br2NO/c1-10-4-5-12(6-11(10)2)7-13(18)17-14(3,8-15)9-16/h4-6H,7-9H2,1-3H3,(H,17,18). The van der Waals surface area contributed by atoms with E-state index in [0.717, 1.165) is 16.2 Å². The van der Waals surface area contributed by atoms with Crippen LogP contribution in [0.1, 0.15) is 23.6 Å². The first kappa shape index (κ1) is 15.7. The van der Waals surface area contributed by atoms with Crippen LogP contribution in [0.25, 0.3) is 0 Å². The fraction of sp³-hybridized carbons (Fsp3) is 0.500. The zero-order chi connectivity index (χ0) is 13.8. The van der Waals surface area contributed by atoms with Gasteiger partial charge in [0.25, 0.3) is 0 Å². The fourth-order valence-electron chi connectivity index (χ4n) is 1.58. The predicted molar refractivity (Wildman–Crippen MR) is 83.8 cm³/mol. The van der Waals surface area contributed by atoms with Gasteiger partial charge in [-0.25, -0.2) is 0 Å². The average molecular weight is 377 g/mol. The molecule has 0 aliphatic rings. The molecule has 0 fully saturated rings. The molecule has 4 heteroatoms. The minimum absolute atomic E-state index is 0.0552. The van der Waals surface area contributed by atoms with Gasteiger partial charge in [0.1, 0.15) is 0 Å². The maximum absolute atomic E-state index is 12.0. The molecule has 0 aliphatic carbocycles. The normalized spacial score (nSPS) is 11.4. The van der Waals surface area contributed by atoms with E-state index >= 15 is 0 Å². The zero-order valence-electron chi connectivity index (χ0n) is 11.0. The topological polar surface area (TPSA) is 29.1 Å². The van der Waals surface area contributed by atoms with Crippen molar-refractivity contribution in [2.75, 3.05) is 10.7 Å². The van der Waals surface area contributed by atoms with E-state index < -0.39 is 0 Å². The van der Waals surface area contributed by atoms with Gasteiger partial charge >= 0.3 is 0 Å². The molecule has 0 saturated heterocycles. The van der Waals surface area contributed by atoms with Crippen LogP contribution in [-0.4, -0.2) is 22.1 Å². The van der Waals surface area contributed by atoms with Crippen molar-refractivity contribution in [3.8, 4) is 0 Å². The van der Waals surface area contributed by atoms with Crippen LogP contribution in [0.15, 0.2) is 18.2 Å². The first-order chi connectivity index (χ1) is 8.40. The van der Waals surface area contributed by atoms with Crippen LogP contribution in [0.4, 0.5) is 0 Å². The van der Waals surface area contributed by atoms with E-state index in [4.69, 9.17) is 0 Å². The number of rotatable bonds is 5. The van der Waals surface area contributed by atoms with Crippen molar-refractivity contribution in [1.29, 1.82) is 0 Å². The maximum atomic E-state index is 12.0. The number of hydrogen-bond donors (Lipinski definition) is 1. The monoisotopic (exact) mass is 375 g/mol. The molecule has 100 valence electrons.